The lowest BCUT2D eigenvalue weighted by atomic mass is 9.97. The molecule has 0 saturated heterocycles. The molecule has 1 atom stereocenters. The number of hydrogen-bond donors (Lipinski definition) is 2. The van der Waals surface area contributed by atoms with Gasteiger partial charge >= 0.3 is 0 Å². The van der Waals surface area contributed by atoms with Crippen LogP contribution in [0.25, 0.3) is 11.3 Å². The van der Waals surface area contributed by atoms with Crippen molar-refractivity contribution in [3.8, 4) is 11.3 Å². The highest BCUT2D eigenvalue weighted by Gasteiger charge is 2.42. The number of rotatable bonds is 3. The van der Waals surface area contributed by atoms with Crippen LogP contribution in [0.2, 0.25) is 0 Å². The molecule has 0 radical (unpaired) electrons. The van der Waals surface area contributed by atoms with Gasteiger partial charge < -0.3 is 10.7 Å². The van der Waals surface area contributed by atoms with Crippen LogP contribution in [0.15, 0.2) is 24.3 Å². The van der Waals surface area contributed by atoms with E-state index in [1.54, 1.807) is 6.07 Å². The second-order valence-electron chi connectivity index (χ2n) is 5.63. The Kier molecular flexibility index (Phi) is 2.71. The number of nitrogens with zero attached hydrogens (tertiary/aromatic N) is 1. The minimum Gasteiger partial charge on any atom is -0.344 e. The van der Waals surface area contributed by atoms with Crippen LogP contribution in [0.3, 0.4) is 0 Å². The van der Waals surface area contributed by atoms with Crippen LogP contribution in [-0.4, -0.2) is 9.97 Å². The summed E-state index contributed by atoms with van der Waals surface area (Å²) in [6.45, 7) is 3.96. The molecule has 1 aromatic heterocycles. The third-order valence-electron chi connectivity index (χ3n) is 3.92. The van der Waals surface area contributed by atoms with Gasteiger partial charge in [0.05, 0.1) is 11.2 Å². The van der Waals surface area contributed by atoms with E-state index in [-0.39, 0.29) is 5.82 Å². The van der Waals surface area contributed by atoms with Crippen molar-refractivity contribution in [1.82, 2.24) is 9.97 Å². The number of benzene rings is 1. The molecule has 1 heterocycles. The van der Waals surface area contributed by atoms with Crippen LogP contribution in [-0.2, 0) is 5.54 Å². The fourth-order valence-electron chi connectivity index (χ4n) is 2.51. The summed E-state index contributed by atoms with van der Waals surface area (Å²) in [4.78, 5) is 7.87. The molecule has 1 saturated carbocycles. The Balaban J connectivity index is 2.02. The van der Waals surface area contributed by atoms with E-state index in [0.29, 0.717) is 5.92 Å². The van der Waals surface area contributed by atoms with Gasteiger partial charge in [-0.1, -0.05) is 12.1 Å². The molecule has 0 spiro atoms. The number of halogens is 1. The first kappa shape index (κ1) is 12.4. The zero-order valence-electron chi connectivity index (χ0n) is 11.2. The highest BCUT2D eigenvalue weighted by Crippen LogP contribution is 2.43. The number of aromatic nitrogens is 2. The van der Waals surface area contributed by atoms with E-state index in [1.807, 2.05) is 19.9 Å². The Morgan fingerprint density at radius 1 is 1.42 bits per heavy atom. The summed E-state index contributed by atoms with van der Waals surface area (Å²) in [6.07, 6.45) is 2.31. The van der Waals surface area contributed by atoms with Crippen LogP contribution >= 0.6 is 0 Å². The predicted molar refractivity (Wildman–Crippen MR) is 73.0 cm³/mol. The molecule has 19 heavy (non-hydrogen) atoms. The van der Waals surface area contributed by atoms with Gasteiger partial charge in [0.15, 0.2) is 0 Å². The molecule has 0 amide bonds. The van der Waals surface area contributed by atoms with Crippen LogP contribution in [0.4, 0.5) is 4.39 Å². The first-order chi connectivity index (χ1) is 8.98. The molecule has 2 aromatic rings. The molecule has 3 nitrogen and oxygen atoms in total. The van der Waals surface area contributed by atoms with Gasteiger partial charge in [-0.05, 0) is 44.7 Å². The normalized spacial score (nSPS) is 18.3. The van der Waals surface area contributed by atoms with E-state index >= 15 is 0 Å². The molecule has 1 aromatic carbocycles. The van der Waals surface area contributed by atoms with Gasteiger partial charge in [-0.25, -0.2) is 9.37 Å². The topological polar surface area (TPSA) is 54.7 Å². The third kappa shape index (κ3) is 2.16. The minimum absolute atomic E-state index is 0.251. The quantitative estimate of drug-likeness (QED) is 0.889. The highest BCUT2D eigenvalue weighted by atomic mass is 19.1. The zero-order chi connectivity index (χ0) is 13.6. The van der Waals surface area contributed by atoms with Crippen molar-refractivity contribution in [2.24, 2.45) is 11.7 Å². The van der Waals surface area contributed by atoms with E-state index in [2.05, 4.69) is 9.97 Å². The number of H-pyrrole nitrogens is 1. The lowest BCUT2D eigenvalue weighted by Gasteiger charge is -2.21. The van der Waals surface area contributed by atoms with E-state index in [1.165, 1.54) is 12.1 Å². The minimum atomic E-state index is -0.420. The van der Waals surface area contributed by atoms with Gasteiger partial charge in [-0.3, -0.25) is 0 Å². The van der Waals surface area contributed by atoms with Gasteiger partial charge in [0.1, 0.15) is 11.6 Å². The van der Waals surface area contributed by atoms with E-state index in [0.717, 1.165) is 35.6 Å². The van der Waals surface area contributed by atoms with Crippen molar-refractivity contribution >= 4 is 0 Å². The summed E-state index contributed by atoms with van der Waals surface area (Å²) in [6, 6.07) is 6.49. The molecule has 4 heteroatoms. The average Bonchev–Trinajstić information content (AvgIpc) is 3.13. The maximum Gasteiger partial charge on any atom is 0.127 e. The van der Waals surface area contributed by atoms with Crippen LogP contribution in [0, 0.1) is 18.7 Å². The lowest BCUT2D eigenvalue weighted by Crippen LogP contribution is -2.36. The van der Waals surface area contributed by atoms with Crippen molar-refractivity contribution in [3.63, 3.8) is 0 Å². The number of aromatic amines is 1. The van der Waals surface area contributed by atoms with Crippen LogP contribution in [0.5, 0.6) is 0 Å². The van der Waals surface area contributed by atoms with Gasteiger partial charge in [-0.2, -0.15) is 0 Å². The van der Waals surface area contributed by atoms with Gasteiger partial charge in [0, 0.05) is 11.3 Å². The maximum absolute atomic E-state index is 13.3. The highest BCUT2D eigenvalue weighted by molar-refractivity contribution is 5.62. The molecule has 3 rings (SSSR count). The summed E-state index contributed by atoms with van der Waals surface area (Å²) >= 11 is 0. The molecule has 0 bridgehead atoms. The van der Waals surface area contributed by atoms with E-state index < -0.39 is 5.54 Å². The molecule has 1 fully saturated rings. The molecule has 1 aliphatic carbocycles. The monoisotopic (exact) mass is 259 g/mol. The second kappa shape index (κ2) is 4.17. The van der Waals surface area contributed by atoms with E-state index in [9.17, 15) is 4.39 Å². The third-order valence-corrected chi connectivity index (χ3v) is 3.92. The Morgan fingerprint density at radius 3 is 2.79 bits per heavy atom. The summed E-state index contributed by atoms with van der Waals surface area (Å²) < 4.78 is 13.3. The molecule has 100 valence electrons. The number of hydrogen-bond acceptors (Lipinski definition) is 2. The first-order valence-electron chi connectivity index (χ1n) is 6.60. The predicted octanol–water partition coefficient (Wildman–Crippen LogP) is 3.11. The Bertz CT molecular complexity index is 612. The largest absolute Gasteiger partial charge is 0.344 e. The molecular formula is C15H18FN3. The van der Waals surface area contributed by atoms with Crippen LogP contribution in [0.1, 0.15) is 31.3 Å². The number of imidazole rings is 1. The number of nitrogens with one attached hydrogen (secondary N) is 1. The van der Waals surface area contributed by atoms with Gasteiger partial charge in [0.2, 0.25) is 0 Å². The Hall–Kier alpha value is -1.68. The summed E-state index contributed by atoms with van der Waals surface area (Å²) in [5, 5.41) is 0. The van der Waals surface area contributed by atoms with Crippen molar-refractivity contribution in [2.45, 2.75) is 32.2 Å². The van der Waals surface area contributed by atoms with Crippen molar-refractivity contribution in [1.29, 1.82) is 0 Å². The average molecular weight is 259 g/mol. The van der Waals surface area contributed by atoms with Gasteiger partial charge in [0.25, 0.3) is 0 Å². The van der Waals surface area contributed by atoms with Crippen molar-refractivity contribution in [2.75, 3.05) is 0 Å². The molecule has 0 aliphatic heterocycles. The maximum atomic E-state index is 13.3. The fraction of sp³-hybridized carbons (Fsp3) is 0.400. The molecule has 1 unspecified atom stereocenters. The molecule has 1 aliphatic rings. The standard InChI is InChI=1S/C15H18FN3/c1-9-13(10-4-3-5-12(16)8-10)19-14(18-9)15(2,17)11-6-7-11/h3-5,8,11H,6-7,17H2,1-2H3,(H,18,19). The fourth-order valence-corrected chi connectivity index (χ4v) is 2.51. The van der Waals surface area contributed by atoms with Gasteiger partial charge in [-0.15, -0.1) is 0 Å². The summed E-state index contributed by atoms with van der Waals surface area (Å²) in [5.41, 5.74) is 8.44. The van der Waals surface area contributed by atoms with Crippen LogP contribution < -0.4 is 5.73 Å². The summed E-state index contributed by atoms with van der Waals surface area (Å²) in [7, 11) is 0. The first-order valence-corrected chi connectivity index (χ1v) is 6.60. The van der Waals surface area contributed by atoms with Crippen molar-refractivity contribution in [3.05, 3.63) is 41.6 Å². The SMILES string of the molecule is Cc1[nH]c(C(C)(N)C2CC2)nc1-c1cccc(F)c1. The Morgan fingerprint density at radius 2 is 2.16 bits per heavy atom. The smallest absolute Gasteiger partial charge is 0.127 e. The summed E-state index contributed by atoms with van der Waals surface area (Å²) in [5.74, 6) is 1.05. The lowest BCUT2D eigenvalue weighted by molar-refractivity contribution is 0.404. The Labute approximate surface area is 112 Å². The molecular weight excluding hydrogens is 241 g/mol. The number of aryl methyl sites for hydroxylation is 1. The van der Waals surface area contributed by atoms with Crippen molar-refractivity contribution < 1.29 is 4.39 Å². The van der Waals surface area contributed by atoms with E-state index in [4.69, 9.17) is 5.73 Å². The second-order valence-corrected chi connectivity index (χ2v) is 5.63. The number of nitrogens with two attached hydrogens (primary N) is 1. The zero-order valence-corrected chi connectivity index (χ0v) is 11.2. The molecule has 3 N–H and O–H groups in total.